The van der Waals surface area contributed by atoms with Crippen LogP contribution in [-0.2, 0) is 4.79 Å². The Hall–Kier alpha value is -2.95. The number of benzene rings is 2. The Balaban J connectivity index is 0.00000138. The summed E-state index contributed by atoms with van der Waals surface area (Å²) in [6, 6.07) is 13.0. The molecule has 2 aromatic rings. The molecular weight excluding hydrogens is 390 g/mol. The number of carbonyl (C=O) groups is 3. The molecule has 2 aromatic carbocycles. The minimum absolute atomic E-state index is 0.0998. The predicted molar refractivity (Wildman–Crippen MR) is 127 cm³/mol. The largest absolute Gasteiger partial charge is 0.478 e. The summed E-state index contributed by atoms with van der Waals surface area (Å²) >= 11 is 0. The minimum atomic E-state index is -0.902. The molecule has 1 saturated heterocycles. The molecule has 5 heteroatoms. The van der Waals surface area contributed by atoms with Gasteiger partial charge in [-0.05, 0) is 73.6 Å². The second kappa shape index (κ2) is 14.9. The number of hydrogen-bond acceptors (Lipinski definition) is 3. The number of hydrogen-bond donors (Lipinski definition) is 1. The van der Waals surface area contributed by atoms with Gasteiger partial charge in [0.2, 0.25) is 0 Å². The molecule has 0 atom stereocenters. The zero-order chi connectivity index (χ0) is 24.0. The number of carbonyl (C=O) groups excluding carboxylic acids is 2. The van der Waals surface area contributed by atoms with E-state index >= 15 is 0 Å². The van der Waals surface area contributed by atoms with Gasteiger partial charge in [-0.25, -0.2) is 4.79 Å². The molecule has 0 spiro atoms. The molecule has 1 aliphatic rings. The molecule has 0 aliphatic carbocycles. The van der Waals surface area contributed by atoms with Crippen LogP contribution in [0, 0.1) is 13.8 Å². The first kappa shape index (κ1) is 28.1. The summed E-state index contributed by atoms with van der Waals surface area (Å²) in [4.78, 5) is 33.6. The zero-order valence-corrected chi connectivity index (χ0v) is 19.8. The molecule has 5 nitrogen and oxygen atoms in total. The molecule has 31 heavy (non-hydrogen) atoms. The van der Waals surface area contributed by atoms with Gasteiger partial charge in [0.05, 0.1) is 5.56 Å². The lowest BCUT2D eigenvalue weighted by Crippen LogP contribution is -2.38. The number of aromatic carboxylic acids is 1. The van der Waals surface area contributed by atoms with Crippen molar-refractivity contribution in [1.82, 2.24) is 4.90 Å². The number of nitrogens with zero attached hydrogens (tertiary/aromatic N) is 1. The Kier molecular flexibility index (Phi) is 13.5. The Labute approximate surface area is 187 Å². The highest BCUT2D eigenvalue weighted by Gasteiger charge is 2.24. The Morgan fingerprint density at radius 2 is 1.32 bits per heavy atom. The summed E-state index contributed by atoms with van der Waals surface area (Å²) in [7, 11) is 0. The van der Waals surface area contributed by atoms with E-state index in [0.29, 0.717) is 11.5 Å². The van der Waals surface area contributed by atoms with Crippen LogP contribution in [-0.4, -0.2) is 41.8 Å². The van der Waals surface area contributed by atoms with Crippen molar-refractivity contribution >= 4 is 18.7 Å². The molecule has 1 N–H and O–H groups in total. The third-order valence-corrected chi connectivity index (χ3v) is 5.17. The van der Waals surface area contributed by atoms with Crippen molar-refractivity contribution in [2.24, 2.45) is 0 Å². The number of rotatable bonds is 3. The molecule has 0 bridgehead atoms. The van der Waals surface area contributed by atoms with E-state index in [0.717, 1.165) is 42.6 Å². The van der Waals surface area contributed by atoms with E-state index in [-0.39, 0.29) is 5.91 Å². The first-order valence-corrected chi connectivity index (χ1v) is 10.9. The summed E-state index contributed by atoms with van der Waals surface area (Å²) in [5.41, 5.74) is 4.56. The van der Waals surface area contributed by atoms with Crippen LogP contribution in [0.3, 0.4) is 0 Å². The third-order valence-electron chi connectivity index (χ3n) is 5.17. The molecule has 0 radical (unpaired) electrons. The number of aryl methyl sites for hydroxylation is 2. The standard InChI is InChI=1S/C21H23NO3.2C2H6.CH2O/c1-14-3-4-19(13-15(14)2)20(23)22-11-9-17(10-12-22)16-5-7-18(8-6-16)21(24)25;3*1-2/h3-8,13,17H,9-12H2,1-2H3,(H,24,25);2*1-2H3;1H2. The van der Waals surface area contributed by atoms with Gasteiger partial charge in [-0.2, -0.15) is 0 Å². The van der Waals surface area contributed by atoms with Gasteiger partial charge in [-0.3, -0.25) is 4.79 Å². The second-order valence-corrected chi connectivity index (χ2v) is 6.79. The van der Waals surface area contributed by atoms with E-state index < -0.39 is 5.97 Å². The molecule has 3 rings (SSSR count). The van der Waals surface area contributed by atoms with E-state index in [1.165, 1.54) is 5.56 Å². The summed E-state index contributed by atoms with van der Waals surface area (Å²) in [5, 5.41) is 8.98. The number of likely N-dealkylation sites (tertiary alicyclic amines) is 1. The highest BCUT2D eigenvalue weighted by Crippen LogP contribution is 2.29. The van der Waals surface area contributed by atoms with E-state index in [2.05, 4.69) is 0 Å². The lowest BCUT2D eigenvalue weighted by Gasteiger charge is -2.32. The highest BCUT2D eigenvalue weighted by atomic mass is 16.4. The summed E-state index contributed by atoms with van der Waals surface area (Å²) < 4.78 is 0. The monoisotopic (exact) mass is 427 g/mol. The fourth-order valence-corrected chi connectivity index (χ4v) is 3.37. The molecular formula is C26H37NO4. The minimum Gasteiger partial charge on any atom is -0.478 e. The van der Waals surface area contributed by atoms with Crippen LogP contribution in [0.5, 0.6) is 0 Å². The van der Waals surface area contributed by atoms with E-state index in [9.17, 15) is 9.59 Å². The molecule has 0 unspecified atom stereocenters. The van der Waals surface area contributed by atoms with Crippen LogP contribution in [0.1, 0.15) is 83.9 Å². The van der Waals surface area contributed by atoms with Gasteiger partial charge in [0.15, 0.2) is 0 Å². The molecule has 1 heterocycles. The third kappa shape index (κ3) is 8.00. The van der Waals surface area contributed by atoms with Crippen LogP contribution >= 0.6 is 0 Å². The number of carboxylic acid groups (broad SMARTS) is 1. The van der Waals surface area contributed by atoms with Gasteiger partial charge in [-0.1, -0.05) is 45.9 Å². The molecule has 0 saturated carbocycles. The quantitative estimate of drug-likeness (QED) is 0.663. The van der Waals surface area contributed by atoms with Crippen molar-refractivity contribution in [1.29, 1.82) is 0 Å². The Bertz CT molecular complexity index is 807. The van der Waals surface area contributed by atoms with Crippen molar-refractivity contribution in [2.75, 3.05) is 13.1 Å². The van der Waals surface area contributed by atoms with E-state index in [4.69, 9.17) is 9.90 Å². The summed E-state index contributed by atoms with van der Waals surface area (Å²) in [6.07, 6.45) is 1.81. The average Bonchev–Trinajstić information content (AvgIpc) is 2.84. The van der Waals surface area contributed by atoms with E-state index in [1.807, 2.05) is 83.6 Å². The molecule has 1 fully saturated rings. The highest BCUT2D eigenvalue weighted by molar-refractivity contribution is 5.94. The maximum atomic E-state index is 12.7. The molecule has 170 valence electrons. The van der Waals surface area contributed by atoms with Crippen molar-refractivity contribution in [2.45, 2.75) is 60.3 Å². The van der Waals surface area contributed by atoms with Gasteiger partial charge in [0.1, 0.15) is 6.79 Å². The SMILES string of the molecule is C=O.CC.CC.Cc1ccc(C(=O)N2CCC(c3ccc(C(=O)O)cc3)CC2)cc1C. The maximum Gasteiger partial charge on any atom is 0.335 e. The van der Waals surface area contributed by atoms with Crippen molar-refractivity contribution in [3.05, 3.63) is 70.3 Å². The van der Waals surface area contributed by atoms with Gasteiger partial charge in [0, 0.05) is 18.7 Å². The van der Waals surface area contributed by atoms with Gasteiger partial charge >= 0.3 is 5.97 Å². The topological polar surface area (TPSA) is 74.7 Å². The van der Waals surface area contributed by atoms with E-state index in [1.54, 1.807) is 12.1 Å². The van der Waals surface area contributed by atoms with Gasteiger partial charge in [0.25, 0.3) is 5.91 Å². The summed E-state index contributed by atoms with van der Waals surface area (Å²) in [6.45, 7) is 15.5. The maximum absolute atomic E-state index is 12.7. The van der Waals surface area contributed by atoms with Gasteiger partial charge < -0.3 is 14.8 Å². The lowest BCUT2D eigenvalue weighted by atomic mass is 9.88. The summed E-state index contributed by atoms with van der Waals surface area (Å²) in [5.74, 6) is -0.421. The van der Waals surface area contributed by atoms with Crippen LogP contribution in [0.2, 0.25) is 0 Å². The van der Waals surface area contributed by atoms with Crippen LogP contribution in [0.25, 0.3) is 0 Å². The first-order chi connectivity index (χ1) is 15.0. The second-order valence-electron chi connectivity index (χ2n) is 6.79. The fourth-order valence-electron chi connectivity index (χ4n) is 3.37. The smallest absolute Gasteiger partial charge is 0.335 e. The molecule has 1 aliphatic heterocycles. The number of amides is 1. The average molecular weight is 428 g/mol. The van der Waals surface area contributed by atoms with Crippen molar-refractivity contribution in [3.8, 4) is 0 Å². The normalized spacial score (nSPS) is 12.8. The number of piperidine rings is 1. The van der Waals surface area contributed by atoms with Crippen LogP contribution in [0.4, 0.5) is 0 Å². The Morgan fingerprint density at radius 3 is 1.77 bits per heavy atom. The fraction of sp³-hybridized carbons (Fsp3) is 0.423. The molecule has 0 aromatic heterocycles. The number of carboxylic acids is 1. The predicted octanol–water partition coefficient (Wildman–Crippen LogP) is 5.89. The van der Waals surface area contributed by atoms with Crippen molar-refractivity contribution < 1.29 is 19.5 Å². The van der Waals surface area contributed by atoms with Crippen molar-refractivity contribution in [3.63, 3.8) is 0 Å². The Morgan fingerprint density at radius 1 is 0.839 bits per heavy atom. The zero-order valence-electron chi connectivity index (χ0n) is 19.8. The van der Waals surface area contributed by atoms with Crippen LogP contribution < -0.4 is 0 Å². The van der Waals surface area contributed by atoms with Crippen LogP contribution in [0.15, 0.2) is 42.5 Å². The molecule has 1 amide bonds. The first-order valence-electron chi connectivity index (χ1n) is 10.9. The lowest BCUT2D eigenvalue weighted by molar-refractivity contribution is -0.0980. The van der Waals surface area contributed by atoms with Gasteiger partial charge in [-0.15, -0.1) is 0 Å².